The predicted octanol–water partition coefficient (Wildman–Crippen LogP) is 5.25. The van der Waals surface area contributed by atoms with E-state index in [1.54, 1.807) is 18.0 Å². The fraction of sp³-hybridized carbons (Fsp3) is 0.217. The Kier molecular flexibility index (Phi) is 5.33. The second-order valence-electron chi connectivity index (χ2n) is 7.49. The minimum atomic E-state index is -0.465. The van der Waals surface area contributed by atoms with E-state index in [1.165, 1.54) is 23.1 Å². The molecule has 0 aliphatic heterocycles. The number of rotatable bonds is 7. The number of hydrogen-bond acceptors (Lipinski definition) is 6. The van der Waals surface area contributed by atoms with E-state index in [0.29, 0.717) is 15.0 Å². The van der Waals surface area contributed by atoms with E-state index in [4.69, 9.17) is 0 Å². The molecule has 1 saturated carbocycles. The van der Waals surface area contributed by atoms with Crippen LogP contribution in [0.4, 0.5) is 5.13 Å². The molecule has 1 aliphatic rings. The highest BCUT2D eigenvalue weighted by Crippen LogP contribution is 2.42. The molecule has 0 saturated heterocycles. The van der Waals surface area contributed by atoms with Gasteiger partial charge in [0.2, 0.25) is 11.0 Å². The molecule has 0 bridgehead atoms. The minimum Gasteiger partial charge on any atom is -0.360 e. The second kappa shape index (κ2) is 8.28. The van der Waals surface area contributed by atoms with Gasteiger partial charge in [0.25, 0.3) is 0 Å². The Balaban J connectivity index is 1.48. The minimum absolute atomic E-state index is 0.0102. The Hall–Kier alpha value is -2.97. The number of Topliss-reactive ketones (excluding diaryl/α,β-unsaturated/α-hetero) is 1. The molecule has 5 rings (SSSR count). The van der Waals surface area contributed by atoms with Gasteiger partial charge in [0, 0.05) is 35.6 Å². The van der Waals surface area contributed by atoms with Crippen LogP contribution in [-0.4, -0.2) is 32.9 Å². The van der Waals surface area contributed by atoms with Crippen LogP contribution in [0.1, 0.15) is 40.9 Å². The molecule has 1 amide bonds. The summed E-state index contributed by atoms with van der Waals surface area (Å²) in [5.41, 5.74) is 2.50. The number of para-hydroxylation sites is 1. The Labute approximate surface area is 187 Å². The largest absolute Gasteiger partial charge is 0.360 e. The molecule has 6 nitrogen and oxygen atoms in total. The van der Waals surface area contributed by atoms with Crippen molar-refractivity contribution in [1.82, 2.24) is 15.2 Å². The lowest BCUT2D eigenvalue weighted by Gasteiger charge is -2.16. The standard InChI is InChI=1S/C23H20N4O2S2/c1-14(28)27(16-11-12-16)22-25-26-23(31-22)30-21(15-7-3-2-4-8-15)20(29)18-13-24-19-10-6-5-9-17(18)19/h2-10,13,16,21,24H,11-12H2,1H3. The number of carbonyl (C=O) groups is 2. The van der Waals surface area contributed by atoms with E-state index < -0.39 is 5.25 Å². The van der Waals surface area contributed by atoms with Crippen LogP contribution >= 0.6 is 23.1 Å². The van der Waals surface area contributed by atoms with Gasteiger partial charge in [-0.15, -0.1) is 10.2 Å². The Morgan fingerprint density at radius 3 is 2.58 bits per heavy atom. The van der Waals surface area contributed by atoms with Gasteiger partial charge in [-0.2, -0.15) is 0 Å². The van der Waals surface area contributed by atoms with E-state index in [-0.39, 0.29) is 17.7 Å². The van der Waals surface area contributed by atoms with Crippen LogP contribution in [0.5, 0.6) is 0 Å². The molecule has 156 valence electrons. The average Bonchev–Trinajstić information content (AvgIpc) is 3.34. The molecule has 1 N–H and O–H groups in total. The number of hydrogen-bond donors (Lipinski definition) is 1. The third-order valence-electron chi connectivity index (χ3n) is 5.27. The molecule has 2 aromatic heterocycles. The third-order valence-corrected chi connectivity index (χ3v) is 7.53. The Morgan fingerprint density at radius 2 is 1.84 bits per heavy atom. The highest BCUT2D eigenvalue weighted by Gasteiger charge is 2.35. The highest BCUT2D eigenvalue weighted by atomic mass is 32.2. The number of aromatic nitrogens is 3. The van der Waals surface area contributed by atoms with Gasteiger partial charge >= 0.3 is 0 Å². The normalized spacial score (nSPS) is 14.5. The number of anilines is 1. The molecule has 2 heterocycles. The van der Waals surface area contributed by atoms with Gasteiger partial charge < -0.3 is 4.98 Å². The molecule has 0 spiro atoms. The van der Waals surface area contributed by atoms with Crippen molar-refractivity contribution >= 4 is 50.8 Å². The van der Waals surface area contributed by atoms with Gasteiger partial charge in [-0.3, -0.25) is 14.5 Å². The van der Waals surface area contributed by atoms with Crippen LogP contribution in [-0.2, 0) is 4.79 Å². The first-order valence-electron chi connectivity index (χ1n) is 10.1. The zero-order valence-corrected chi connectivity index (χ0v) is 18.5. The summed E-state index contributed by atoms with van der Waals surface area (Å²) in [7, 11) is 0. The third kappa shape index (κ3) is 4.00. The summed E-state index contributed by atoms with van der Waals surface area (Å²) in [6.07, 6.45) is 3.76. The van der Waals surface area contributed by atoms with Crippen molar-refractivity contribution in [2.45, 2.75) is 35.4 Å². The van der Waals surface area contributed by atoms with Gasteiger partial charge in [0.1, 0.15) is 5.25 Å². The van der Waals surface area contributed by atoms with E-state index in [9.17, 15) is 9.59 Å². The number of ketones is 1. The Morgan fingerprint density at radius 1 is 1.10 bits per heavy atom. The lowest BCUT2D eigenvalue weighted by atomic mass is 10.0. The van der Waals surface area contributed by atoms with Crippen LogP contribution in [0.2, 0.25) is 0 Å². The highest BCUT2D eigenvalue weighted by molar-refractivity contribution is 8.02. The van der Waals surface area contributed by atoms with Crippen molar-refractivity contribution < 1.29 is 9.59 Å². The summed E-state index contributed by atoms with van der Waals surface area (Å²) in [6.45, 7) is 1.56. The molecule has 4 aromatic rings. The first-order chi connectivity index (χ1) is 15.1. The molecule has 8 heteroatoms. The topological polar surface area (TPSA) is 79.0 Å². The van der Waals surface area contributed by atoms with Crippen molar-refractivity contribution in [3.05, 3.63) is 71.9 Å². The summed E-state index contributed by atoms with van der Waals surface area (Å²) in [5, 5.41) is 9.59. The molecule has 1 fully saturated rings. The predicted molar refractivity (Wildman–Crippen MR) is 124 cm³/mol. The van der Waals surface area contributed by atoms with Gasteiger partial charge in [0.05, 0.1) is 0 Å². The van der Waals surface area contributed by atoms with E-state index in [2.05, 4.69) is 15.2 Å². The second-order valence-corrected chi connectivity index (χ2v) is 9.80. The molecule has 1 atom stereocenters. The number of thioether (sulfide) groups is 1. The van der Waals surface area contributed by atoms with Crippen molar-refractivity contribution in [3.8, 4) is 0 Å². The summed E-state index contributed by atoms with van der Waals surface area (Å²) in [5.74, 6) is -0.0132. The quantitative estimate of drug-likeness (QED) is 0.237. The van der Waals surface area contributed by atoms with Crippen LogP contribution in [0, 0.1) is 0 Å². The maximum atomic E-state index is 13.6. The lowest BCUT2D eigenvalue weighted by molar-refractivity contribution is -0.116. The SMILES string of the molecule is CC(=O)N(c1nnc(SC(C(=O)c2c[nH]c3ccccc23)c2ccccc2)s1)C1CC1. The molecular weight excluding hydrogens is 428 g/mol. The lowest BCUT2D eigenvalue weighted by Crippen LogP contribution is -2.30. The summed E-state index contributed by atoms with van der Waals surface area (Å²) in [6, 6.07) is 17.7. The molecule has 0 radical (unpaired) electrons. The molecule has 1 aliphatic carbocycles. The van der Waals surface area contributed by atoms with E-state index in [1.807, 2.05) is 54.6 Å². The van der Waals surface area contributed by atoms with Crippen LogP contribution in [0.15, 0.2) is 65.1 Å². The van der Waals surface area contributed by atoms with Gasteiger partial charge in [-0.1, -0.05) is 71.6 Å². The molecular formula is C23H20N4O2S2. The number of fused-ring (bicyclic) bond motifs is 1. The number of aromatic amines is 1. The van der Waals surface area contributed by atoms with Crippen molar-refractivity contribution in [3.63, 3.8) is 0 Å². The number of nitrogens with zero attached hydrogens (tertiary/aromatic N) is 3. The summed E-state index contributed by atoms with van der Waals surface area (Å²) >= 11 is 2.75. The number of nitrogens with one attached hydrogen (secondary N) is 1. The van der Waals surface area contributed by atoms with Crippen molar-refractivity contribution in [1.29, 1.82) is 0 Å². The molecule has 1 unspecified atom stereocenters. The van der Waals surface area contributed by atoms with Gasteiger partial charge in [0.15, 0.2) is 10.1 Å². The number of carbonyl (C=O) groups excluding carboxylic acids is 2. The fourth-order valence-corrected chi connectivity index (χ4v) is 5.86. The smallest absolute Gasteiger partial charge is 0.225 e. The first-order valence-corrected chi connectivity index (χ1v) is 11.8. The molecule has 2 aromatic carbocycles. The monoisotopic (exact) mass is 448 g/mol. The zero-order valence-electron chi connectivity index (χ0n) is 16.8. The number of benzene rings is 2. The summed E-state index contributed by atoms with van der Waals surface area (Å²) in [4.78, 5) is 30.6. The Bertz CT molecular complexity index is 1250. The maximum Gasteiger partial charge on any atom is 0.225 e. The van der Waals surface area contributed by atoms with Crippen molar-refractivity contribution in [2.24, 2.45) is 0 Å². The van der Waals surface area contributed by atoms with Crippen LogP contribution in [0.3, 0.4) is 0 Å². The van der Waals surface area contributed by atoms with E-state index >= 15 is 0 Å². The van der Waals surface area contributed by atoms with E-state index in [0.717, 1.165) is 29.3 Å². The zero-order chi connectivity index (χ0) is 21.4. The van der Waals surface area contributed by atoms with Crippen LogP contribution in [0.25, 0.3) is 10.9 Å². The fourth-order valence-electron chi connectivity index (χ4n) is 3.65. The van der Waals surface area contributed by atoms with Crippen LogP contribution < -0.4 is 4.90 Å². The number of amides is 1. The molecule has 31 heavy (non-hydrogen) atoms. The maximum absolute atomic E-state index is 13.6. The average molecular weight is 449 g/mol. The number of H-pyrrole nitrogens is 1. The van der Waals surface area contributed by atoms with Gasteiger partial charge in [-0.05, 0) is 24.5 Å². The summed E-state index contributed by atoms with van der Waals surface area (Å²) < 4.78 is 0.670. The van der Waals surface area contributed by atoms with Crippen molar-refractivity contribution in [2.75, 3.05) is 4.90 Å². The first kappa shape index (κ1) is 20.0. The van der Waals surface area contributed by atoms with Gasteiger partial charge in [-0.25, -0.2) is 0 Å².